The van der Waals surface area contributed by atoms with Crippen molar-refractivity contribution in [3.8, 4) is 6.07 Å². The lowest BCUT2D eigenvalue weighted by Gasteiger charge is -2.30. The smallest absolute Gasteiger partial charge is 0.323 e. The van der Waals surface area contributed by atoms with Gasteiger partial charge in [0.05, 0.1) is 11.6 Å². The number of nitrogens with one attached hydrogen (secondary N) is 3. The van der Waals surface area contributed by atoms with Gasteiger partial charge in [0.25, 0.3) is 0 Å². The van der Waals surface area contributed by atoms with Crippen molar-refractivity contribution >= 4 is 23.4 Å². The topological polar surface area (TPSA) is 97.3 Å². The Labute approximate surface area is 186 Å². The molecule has 0 aliphatic carbocycles. The summed E-state index contributed by atoms with van der Waals surface area (Å²) in [5.41, 5.74) is 4.98. The lowest BCUT2D eigenvalue weighted by molar-refractivity contribution is 0.192. The van der Waals surface area contributed by atoms with E-state index in [9.17, 15) is 9.59 Å². The number of hydrogen-bond acceptors (Lipinski definition) is 3. The van der Waals surface area contributed by atoms with Crippen LogP contribution in [-0.2, 0) is 19.5 Å². The highest BCUT2D eigenvalue weighted by atomic mass is 16.2. The third-order valence-electron chi connectivity index (χ3n) is 5.33. The summed E-state index contributed by atoms with van der Waals surface area (Å²) < 4.78 is 0. The van der Waals surface area contributed by atoms with Crippen molar-refractivity contribution in [3.63, 3.8) is 0 Å². The Morgan fingerprint density at radius 3 is 2.59 bits per heavy atom. The van der Waals surface area contributed by atoms with E-state index in [1.54, 1.807) is 23.1 Å². The molecule has 160 valence electrons. The zero-order valence-corrected chi connectivity index (χ0v) is 17.5. The molecule has 7 heteroatoms. The number of hydrogen-bond donors (Lipinski definition) is 3. The Kier molecular flexibility index (Phi) is 6.33. The molecule has 0 unspecified atom stereocenters. The lowest BCUT2D eigenvalue weighted by atomic mass is 9.98. The molecule has 3 aromatic rings. The van der Waals surface area contributed by atoms with Crippen LogP contribution in [0, 0.1) is 11.3 Å². The van der Waals surface area contributed by atoms with Crippen LogP contribution in [0.25, 0.3) is 0 Å². The van der Waals surface area contributed by atoms with Crippen LogP contribution >= 0.6 is 0 Å². The predicted molar refractivity (Wildman–Crippen MR) is 123 cm³/mol. The van der Waals surface area contributed by atoms with Gasteiger partial charge in [-0.2, -0.15) is 5.26 Å². The fourth-order valence-electron chi connectivity index (χ4n) is 3.75. The summed E-state index contributed by atoms with van der Waals surface area (Å²) in [6.07, 6.45) is 0.647. The van der Waals surface area contributed by atoms with E-state index in [1.807, 2.05) is 54.6 Å². The van der Waals surface area contributed by atoms with Crippen molar-refractivity contribution in [1.29, 1.82) is 5.26 Å². The monoisotopic (exact) mass is 425 g/mol. The first kappa shape index (κ1) is 20.9. The van der Waals surface area contributed by atoms with E-state index < -0.39 is 0 Å². The summed E-state index contributed by atoms with van der Waals surface area (Å²) in [6.45, 7) is 1.38. The van der Waals surface area contributed by atoms with E-state index in [1.165, 1.54) is 0 Å². The van der Waals surface area contributed by atoms with Crippen molar-refractivity contribution < 1.29 is 9.59 Å². The summed E-state index contributed by atoms with van der Waals surface area (Å²) in [4.78, 5) is 26.8. The minimum absolute atomic E-state index is 0.154. The molecule has 0 saturated carbocycles. The van der Waals surface area contributed by atoms with Gasteiger partial charge in [0.2, 0.25) is 0 Å². The fraction of sp³-hybridized carbons (Fsp3) is 0.160. The van der Waals surface area contributed by atoms with Crippen molar-refractivity contribution in [2.45, 2.75) is 19.5 Å². The standard InChI is InChI=1S/C25H23N5O2/c26-15-18-6-4-7-19(14-18)16-27-25(32)30-13-12-22-20(17-30)8-5-11-23(22)29-24(31)28-21-9-2-1-3-10-21/h1-11,14H,12-13,16-17H2,(H,27,32)(H2,28,29,31). The van der Waals surface area contributed by atoms with Gasteiger partial charge in [-0.3, -0.25) is 0 Å². The highest BCUT2D eigenvalue weighted by Crippen LogP contribution is 2.26. The third-order valence-corrected chi connectivity index (χ3v) is 5.33. The number of carbonyl (C=O) groups is 2. The van der Waals surface area contributed by atoms with E-state index in [2.05, 4.69) is 22.0 Å². The number of carbonyl (C=O) groups excluding carboxylic acids is 2. The molecule has 32 heavy (non-hydrogen) atoms. The van der Waals surface area contributed by atoms with Crippen LogP contribution in [0.1, 0.15) is 22.3 Å². The minimum atomic E-state index is -0.302. The van der Waals surface area contributed by atoms with Crippen LogP contribution < -0.4 is 16.0 Å². The van der Waals surface area contributed by atoms with Crippen molar-refractivity contribution in [2.24, 2.45) is 0 Å². The van der Waals surface area contributed by atoms with Gasteiger partial charge >= 0.3 is 12.1 Å². The number of anilines is 2. The molecule has 7 nitrogen and oxygen atoms in total. The van der Waals surface area contributed by atoms with E-state index in [0.29, 0.717) is 31.6 Å². The van der Waals surface area contributed by atoms with Gasteiger partial charge in [-0.05, 0) is 53.4 Å². The lowest BCUT2D eigenvalue weighted by Crippen LogP contribution is -2.42. The highest BCUT2D eigenvalue weighted by molar-refractivity contribution is 6.00. The van der Waals surface area contributed by atoms with E-state index in [4.69, 9.17) is 5.26 Å². The summed E-state index contributed by atoms with van der Waals surface area (Å²) >= 11 is 0. The second kappa shape index (κ2) is 9.67. The van der Waals surface area contributed by atoms with Gasteiger partial charge in [0.15, 0.2) is 0 Å². The zero-order chi connectivity index (χ0) is 22.3. The molecule has 1 aliphatic rings. The Morgan fingerprint density at radius 2 is 1.78 bits per heavy atom. The number of urea groups is 2. The number of para-hydroxylation sites is 1. The maximum Gasteiger partial charge on any atom is 0.323 e. The zero-order valence-electron chi connectivity index (χ0n) is 17.5. The number of nitriles is 1. The predicted octanol–water partition coefficient (Wildman–Crippen LogP) is 4.47. The second-order valence-corrected chi connectivity index (χ2v) is 7.53. The maximum atomic E-state index is 12.7. The number of benzene rings is 3. The molecule has 4 rings (SSSR count). The molecule has 0 atom stereocenters. The first-order valence-electron chi connectivity index (χ1n) is 10.4. The van der Waals surface area contributed by atoms with Crippen molar-refractivity contribution in [3.05, 3.63) is 95.1 Å². The molecule has 1 heterocycles. The molecule has 0 bridgehead atoms. The van der Waals surface area contributed by atoms with E-state index in [0.717, 1.165) is 28.1 Å². The van der Waals surface area contributed by atoms with Crippen LogP contribution in [0.3, 0.4) is 0 Å². The molecule has 1 aliphatic heterocycles. The molecule has 4 amide bonds. The maximum absolute atomic E-state index is 12.7. The Bertz CT molecular complexity index is 1170. The van der Waals surface area contributed by atoms with Crippen LogP contribution in [-0.4, -0.2) is 23.5 Å². The molecule has 0 aromatic heterocycles. The average molecular weight is 425 g/mol. The van der Waals surface area contributed by atoms with E-state index >= 15 is 0 Å². The Balaban J connectivity index is 1.37. The van der Waals surface area contributed by atoms with Crippen molar-refractivity contribution in [2.75, 3.05) is 17.2 Å². The quantitative estimate of drug-likeness (QED) is 0.575. The SMILES string of the molecule is N#Cc1cccc(CNC(=O)N2CCc3c(cccc3NC(=O)Nc3ccccc3)C2)c1. The molecule has 3 aromatic carbocycles. The van der Waals surface area contributed by atoms with Gasteiger partial charge in [-0.15, -0.1) is 0 Å². The summed E-state index contributed by atoms with van der Waals surface area (Å²) in [6, 6.07) is 23.8. The number of fused-ring (bicyclic) bond motifs is 1. The van der Waals surface area contributed by atoms with Gasteiger partial charge in [-0.25, -0.2) is 9.59 Å². The van der Waals surface area contributed by atoms with Gasteiger partial charge in [0, 0.05) is 31.0 Å². The molecule has 3 N–H and O–H groups in total. The molecule has 0 spiro atoms. The van der Waals surface area contributed by atoms with Crippen LogP contribution in [0.2, 0.25) is 0 Å². The molecular formula is C25H23N5O2. The van der Waals surface area contributed by atoms with Crippen LogP contribution in [0.4, 0.5) is 21.0 Å². The Hall–Kier alpha value is -4.31. The summed E-state index contributed by atoms with van der Waals surface area (Å²) in [5.74, 6) is 0. The van der Waals surface area contributed by atoms with Gasteiger partial charge in [-0.1, -0.05) is 42.5 Å². The highest BCUT2D eigenvalue weighted by Gasteiger charge is 2.23. The molecule has 0 fully saturated rings. The Morgan fingerprint density at radius 1 is 0.969 bits per heavy atom. The number of nitrogens with zero attached hydrogens (tertiary/aromatic N) is 2. The van der Waals surface area contributed by atoms with Crippen molar-refractivity contribution in [1.82, 2.24) is 10.2 Å². The number of rotatable bonds is 4. The first-order valence-corrected chi connectivity index (χ1v) is 10.4. The van der Waals surface area contributed by atoms with Gasteiger partial charge in [0.1, 0.15) is 0 Å². The van der Waals surface area contributed by atoms with E-state index in [-0.39, 0.29) is 12.1 Å². The molecule has 0 saturated heterocycles. The van der Waals surface area contributed by atoms with Gasteiger partial charge < -0.3 is 20.9 Å². The molecule has 0 radical (unpaired) electrons. The van der Waals surface area contributed by atoms with Crippen LogP contribution in [0.15, 0.2) is 72.8 Å². The first-order chi connectivity index (χ1) is 15.6. The number of amides is 4. The normalized spacial score (nSPS) is 12.3. The molecular weight excluding hydrogens is 402 g/mol. The minimum Gasteiger partial charge on any atom is -0.334 e. The summed E-state index contributed by atoms with van der Waals surface area (Å²) in [5, 5.41) is 17.7. The van der Waals surface area contributed by atoms with Crippen LogP contribution in [0.5, 0.6) is 0 Å². The summed E-state index contributed by atoms with van der Waals surface area (Å²) in [7, 11) is 0. The average Bonchev–Trinajstić information content (AvgIpc) is 2.83. The largest absolute Gasteiger partial charge is 0.334 e. The second-order valence-electron chi connectivity index (χ2n) is 7.53. The third kappa shape index (κ3) is 5.05. The fourth-order valence-corrected chi connectivity index (χ4v) is 3.75.